The number of nitrogens with zero attached hydrogens (tertiary/aromatic N) is 2. The molecule has 1 unspecified atom stereocenters. The van der Waals surface area contributed by atoms with Crippen molar-refractivity contribution in [1.82, 2.24) is 15.1 Å². The molecule has 1 aliphatic heterocycles. The van der Waals surface area contributed by atoms with Crippen molar-refractivity contribution in [2.75, 3.05) is 0 Å². The molecule has 130 valence electrons. The molecule has 0 saturated carbocycles. The van der Waals surface area contributed by atoms with Gasteiger partial charge in [-0.25, -0.2) is 9.48 Å². The molecule has 6 nitrogen and oxygen atoms in total. The molecule has 0 radical (unpaired) electrons. The summed E-state index contributed by atoms with van der Waals surface area (Å²) in [4.78, 5) is 24.4. The third-order valence-corrected chi connectivity index (χ3v) is 4.31. The second kappa shape index (κ2) is 6.84. The van der Waals surface area contributed by atoms with E-state index in [9.17, 15) is 9.59 Å². The molecule has 0 saturated heterocycles. The van der Waals surface area contributed by atoms with Gasteiger partial charge in [-0.3, -0.25) is 4.79 Å². The van der Waals surface area contributed by atoms with E-state index >= 15 is 0 Å². The molecule has 26 heavy (non-hydrogen) atoms. The van der Waals surface area contributed by atoms with E-state index < -0.39 is 12.1 Å². The Morgan fingerprint density at radius 2 is 1.92 bits per heavy atom. The molecule has 1 aromatic heterocycles. The van der Waals surface area contributed by atoms with Crippen LogP contribution < -0.4 is 5.32 Å². The summed E-state index contributed by atoms with van der Waals surface area (Å²) in [5, 5.41) is 7.11. The number of fused-ring (bicyclic) bond motifs is 1. The number of ether oxygens (including phenoxy) is 1. The van der Waals surface area contributed by atoms with E-state index in [1.54, 1.807) is 23.0 Å². The van der Waals surface area contributed by atoms with Crippen LogP contribution in [-0.4, -0.2) is 27.8 Å². The maximum Gasteiger partial charge on any atom is 0.339 e. The highest BCUT2D eigenvalue weighted by atomic mass is 16.5. The number of cyclic esters (lactones) is 1. The lowest BCUT2D eigenvalue weighted by atomic mass is 9.98. The maximum absolute atomic E-state index is 12.4. The number of hydrogen-bond donors (Lipinski definition) is 1. The minimum atomic E-state index is -0.804. The normalized spacial score (nSPS) is 15.8. The van der Waals surface area contributed by atoms with Crippen molar-refractivity contribution >= 4 is 11.9 Å². The molecule has 0 aliphatic carbocycles. The van der Waals surface area contributed by atoms with Crippen LogP contribution in [-0.2, 0) is 22.5 Å². The molecule has 0 fully saturated rings. The Bertz CT molecular complexity index is 950. The molecule has 1 amide bonds. The lowest BCUT2D eigenvalue weighted by molar-refractivity contribution is -0.130. The fraction of sp³-hybridized carbons (Fsp3) is 0.150. The van der Waals surface area contributed by atoms with Crippen LogP contribution in [0.1, 0.15) is 21.5 Å². The van der Waals surface area contributed by atoms with Gasteiger partial charge in [-0.1, -0.05) is 36.4 Å². The topological polar surface area (TPSA) is 73.2 Å². The van der Waals surface area contributed by atoms with Crippen LogP contribution in [0.4, 0.5) is 0 Å². The Labute approximate surface area is 150 Å². The van der Waals surface area contributed by atoms with Gasteiger partial charge in [-0.2, -0.15) is 5.10 Å². The molecule has 1 aliphatic rings. The number of nitrogens with one attached hydrogen (secondary N) is 1. The molecule has 1 atom stereocenters. The fourth-order valence-electron chi connectivity index (χ4n) is 2.95. The standard InChI is InChI=1S/C20H17N3O3/c24-19(18-10-15-6-4-5-9-17(15)20(25)26-18)21-11-14-12-22-23(13-14)16-7-2-1-3-8-16/h1-9,12-13,18H,10-11H2,(H,21,24). The SMILES string of the molecule is O=C1OC(C(=O)NCc2cnn(-c3ccccc3)c2)Cc2ccccc21. The molecule has 0 bridgehead atoms. The first-order valence-corrected chi connectivity index (χ1v) is 8.36. The minimum Gasteiger partial charge on any atom is -0.448 e. The summed E-state index contributed by atoms with van der Waals surface area (Å²) in [7, 11) is 0. The Hall–Kier alpha value is -3.41. The highest BCUT2D eigenvalue weighted by molar-refractivity contribution is 5.95. The lowest BCUT2D eigenvalue weighted by Gasteiger charge is -2.23. The Kier molecular flexibility index (Phi) is 4.23. The summed E-state index contributed by atoms with van der Waals surface area (Å²) in [5.74, 6) is -0.760. The van der Waals surface area contributed by atoms with E-state index in [1.807, 2.05) is 48.7 Å². The zero-order chi connectivity index (χ0) is 17.9. The Balaban J connectivity index is 1.39. The number of hydrogen-bond acceptors (Lipinski definition) is 4. The van der Waals surface area contributed by atoms with Crippen LogP contribution in [0.5, 0.6) is 0 Å². The number of carbonyl (C=O) groups is 2. The average Bonchev–Trinajstić information content (AvgIpc) is 3.16. The van der Waals surface area contributed by atoms with Gasteiger partial charge in [0, 0.05) is 24.7 Å². The Morgan fingerprint density at radius 3 is 2.77 bits per heavy atom. The van der Waals surface area contributed by atoms with Gasteiger partial charge in [0.15, 0.2) is 6.10 Å². The van der Waals surface area contributed by atoms with Crippen LogP contribution in [0, 0.1) is 0 Å². The Morgan fingerprint density at radius 1 is 1.15 bits per heavy atom. The van der Waals surface area contributed by atoms with E-state index in [-0.39, 0.29) is 5.91 Å². The molecule has 0 spiro atoms. The molecule has 4 rings (SSSR count). The number of carbonyl (C=O) groups excluding carboxylic acids is 2. The first-order chi connectivity index (χ1) is 12.7. The summed E-state index contributed by atoms with van der Waals surface area (Å²) in [6.07, 6.45) is 3.14. The van der Waals surface area contributed by atoms with Crippen molar-refractivity contribution in [1.29, 1.82) is 0 Å². The van der Waals surface area contributed by atoms with E-state index in [2.05, 4.69) is 10.4 Å². The van der Waals surface area contributed by atoms with Crippen molar-refractivity contribution in [2.24, 2.45) is 0 Å². The van der Waals surface area contributed by atoms with E-state index in [4.69, 9.17) is 4.74 Å². The first kappa shape index (κ1) is 16.1. The highest BCUT2D eigenvalue weighted by Crippen LogP contribution is 2.20. The zero-order valence-electron chi connectivity index (χ0n) is 14.0. The van der Waals surface area contributed by atoms with Crippen molar-refractivity contribution in [3.8, 4) is 5.69 Å². The van der Waals surface area contributed by atoms with Crippen molar-refractivity contribution in [3.05, 3.63) is 83.7 Å². The predicted molar refractivity (Wildman–Crippen MR) is 94.8 cm³/mol. The number of rotatable bonds is 4. The van der Waals surface area contributed by atoms with Gasteiger partial charge >= 0.3 is 5.97 Å². The van der Waals surface area contributed by atoms with Crippen LogP contribution in [0.3, 0.4) is 0 Å². The van der Waals surface area contributed by atoms with Gasteiger partial charge in [-0.15, -0.1) is 0 Å². The molecule has 6 heteroatoms. The molecule has 2 heterocycles. The molecular formula is C20H17N3O3. The van der Waals surface area contributed by atoms with Crippen LogP contribution in [0.25, 0.3) is 5.69 Å². The van der Waals surface area contributed by atoms with E-state index in [0.29, 0.717) is 18.5 Å². The number of para-hydroxylation sites is 1. The zero-order valence-corrected chi connectivity index (χ0v) is 14.0. The monoisotopic (exact) mass is 347 g/mol. The largest absolute Gasteiger partial charge is 0.448 e. The van der Waals surface area contributed by atoms with Gasteiger partial charge in [0.1, 0.15) is 0 Å². The summed E-state index contributed by atoms with van der Waals surface area (Å²) in [5.41, 5.74) is 3.18. The molecule has 1 N–H and O–H groups in total. The highest BCUT2D eigenvalue weighted by Gasteiger charge is 2.30. The molecular weight excluding hydrogens is 330 g/mol. The van der Waals surface area contributed by atoms with Crippen molar-refractivity contribution in [3.63, 3.8) is 0 Å². The quantitative estimate of drug-likeness (QED) is 0.735. The smallest absolute Gasteiger partial charge is 0.339 e. The lowest BCUT2D eigenvalue weighted by Crippen LogP contribution is -2.41. The van der Waals surface area contributed by atoms with Gasteiger partial charge in [-0.05, 0) is 23.8 Å². The van der Waals surface area contributed by atoms with E-state index in [0.717, 1.165) is 16.8 Å². The number of aromatic nitrogens is 2. The van der Waals surface area contributed by atoms with Gasteiger partial charge in [0.2, 0.25) is 0 Å². The van der Waals surface area contributed by atoms with Crippen LogP contribution in [0.15, 0.2) is 67.0 Å². The predicted octanol–water partition coefficient (Wildman–Crippen LogP) is 2.27. The third-order valence-electron chi connectivity index (χ3n) is 4.31. The molecule has 3 aromatic rings. The molecule has 2 aromatic carbocycles. The van der Waals surface area contributed by atoms with Crippen LogP contribution >= 0.6 is 0 Å². The minimum absolute atomic E-state index is 0.305. The van der Waals surface area contributed by atoms with Crippen molar-refractivity contribution in [2.45, 2.75) is 19.1 Å². The number of benzene rings is 2. The summed E-state index contributed by atoms with van der Waals surface area (Å²) < 4.78 is 7.01. The fourth-order valence-corrected chi connectivity index (χ4v) is 2.95. The number of esters is 1. The third kappa shape index (κ3) is 3.21. The summed E-state index contributed by atoms with van der Waals surface area (Å²) in [6, 6.07) is 16.9. The maximum atomic E-state index is 12.4. The van der Waals surface area contributed by atoms with Crippen molar-refractivity contribution < 1.29 is 14.3 Å². The first-order valence-electron chi connectivity index (χ1n) is 8.36. The number of amides is 1. The van der Waals surface area contributed by atoms with Crippen LogP contribution in [0.2, 0.25) is 0 Å². The average molecular weight is 347 g/mol. The second-order valence-corrected chi connectivity index (χ2v) is 6.10. The summed E-state index contributed by atoms with van der Waals surface area (Å²) in [6.45, 7) is 0.321. The second-order valence-electron chi connectivity index (χ2n) is 6.10. The van der Waals surface area contributed by atoms with Gasteiger partial charge in [0.05, 0.1) is 17.4 Å². The van der Waals surface area contributed by atoms with Gasteiger partial charge < -0.3 is 10.1 Å². The van der Waals surface area contributed by atoms with Gasteiger partial charge in [0.25, 0.3) is 5.91 Å². The van der Waals surface area contributed by atoms with E-state index in [1.165, 1.54) is 0 Å². The summed E-state index contributed by atoms with van der Waals surface area (Å²) >= 11 is 0.